The summed E-state index contributed by atoms with van der Waals surface area (Å²) in [7, 11) is 0. The van der Waals surface area contributed by atoms with E-state index in [1.54, 1.807) is 11.4 Å². The number of hydrogen-bond donors (Lipinski definition) is 3. The first-order valence-corrected chi connectivity index (χ1v) is 7.45. The number of primary amides is 1. The lowest BCUT2D eigenvalue weighted by molar-refractivity contribution is -0.138. The second kappa shape index (κ2) is 6.68. The number of nitrogens with two attached hydrogens (primary N) is 1. The van der Waals surface area contributed by atoms with E-state index in [9.17, 15) is 14.4 Å². The highest BCUT2D eigenvalue weighted by atomic mass is 32.1. The van der Waals surface area contributed by atoms with Crippen LogP contribution >= 0.6 is 11.3 Å². The number of aliphatic carboxylic acids is 1. The predicted octanol–water partition coefficient (Wildman–Crippen LogP) is 0.582. The SMILES string of the molecule is NC(=O)c1ccsc1NC(=O)CN1CCC(CC(=O)O)C1. The zero-order valence-electron chi connectivity index (χ0n) is 11.4. The van der Waals surface area contributed by atoms with Crippen LogP contribution in [0.5, 0.6) is 0 Å². The molecule has 1 saturated heterocycles. The summed E-state index contributed by atoms with van der Waals surface area (Å²) in [5, 5.41) is 13.6. The normalized spacial score (nSPS) is 18.6. The van der Waals surface area contributed by atoms with Gasteiger partial charge in [0, 0.05) is 13.0 Å². The highest BCUT2D eigenvalue weighted by Crippen LogP contribution is 2.23. The Morgan fingerprint density at radius 1 is 1.48 bits per heavy atom. The molecule has 1 unspecified atom stereocenters. The first kappa shape index (κ1) is 15.5. The topological polar surface area (TPSA) is 113 Å². The smallest absolute Gasteiger partial charge is 0.303 e. The van der Waals surface area contributed by atoms with Crippen molar-refractivity contribution < 1.29 is 19.5 Å². The maximum Gasteiger partial charge on any atom is 0.303 e. The molecule has 2 heterocycles. The van der Waals surface area contributed by atoms with Gasteiger partial charge in [0.05, 0.1) is 12.1 Å². The van der Waals surface area contributed by atoms with E-state index >= 15 is 0 Å². The van der Waals surface area contributed by atoms with Crippen molar-refractivity contribution in [2.75, 3.05) is 25.0 Å². The summed E-state index contributed by atoms with van der Waals surface area (Å²) in [6.45, 7) is 1.50. The minimum Gasteiger partial charge on any atom is -0.481 e. The van der Waals surface area contributed by atoms with E-state index in [0.29, 0.717) is 23.7 Å². The van der Waals surface area contributed by atoms with Crippen LogP contribution in [0, 0.1) is 5.92 Å². The molecule has 1 aromatic rings. The third-order valence-electron chi connectivity index (χ3n) is 3.38. The summed E-state index contributed by atoms with van der Waals surface area (Å²) in [6.07, 6.45) is 0.917. The van der Waals surface area contributed by atoms with Crippen molar-refractivity contribution in [3.8, 4) is 0 Å². The van der Waals surface area contributed by atoms with Crippen LogP contribution in [0.1, 0.15) is 23.2 Å². The molecular formula is C13H17N3O4S. The molecule has 2 rings (SSSR count). The molecule has 1 aliphatic heterocycles. The van der Waals surface area contributed by atoms with Gasteiger partial charge in [-0.3, -0.25) is 19.3 Å². The van der Waals surface area contributed by atoms with E-state index < -0.39 is 11.9 Å². The average molecular weight is 311 g/mol. The second-order valence-electron chi connectivity index (χ2n) is 5.06. The Labute approximate surface area is 125 Å². The summed E-state index contributed by atoms with van der Waals surface area (Å²) in [5.41, 5.74) is 5.52. The van der Waals surface area contributed by atoms with E-state index in [-0.39, 0.29) is 24.8 Å². The van der Waals surface area contributed by atoms with Gasteiger partial charge in [-0.05, 0) is 30.3 Å². The third-order valence-corrected chi connectivity index (χ3v) is 4.21. The molecule has 0 aliphatic carbocycles. The van der Waals surface area contributed by atoms with Crippen LogP contribution in [0.3, 0.4) is 0 Å². The standard InChI is InChI=1S/C13H17N3O4S/c14-12(20)9-2-4-21-13(9)15-10(17)7-16-3-1-8(6-16)5-11(18)19/h2,4,8H,1,3,5-7H2,(H2,14,20)(H,15,17)(H,18,19). The molecule has 4 N–H and O–H groups in total. The molecule has 1 aromatic heterocycles. The minimum atomic E-state index is -0.809. The molecule has 0 radical (unpaired) electrons. The molecule has 114 valence electrons. The fourth-order valence-electron chi connectivity index (χ4n) is 2.44. The van der Waals surface area contributed by atoms with Crippen LogP contribution in [-0.2, 0) is 9.59 Å². The number of amides is 2. The van der Waals surface area contributed by atoms with Crippen LogP contribution < -0.4 is 11.1 Å². The monoisotopic (exact) mass is 311 g/mol. The molecule has 21 heavy (non-hydrogen) atoms. The highest BCUT2D eigenvalue weighted by Gasteiger charge is 2.26. The number of carbonyl (C=O) groups is 3. The Balaban J connectivity index is 1.84. The van der Waals surface area contributed by atoms with Gasteiger partial charge in [-0.1, -0.05) is 0 Å². The van der Waals surface area contributed by atoms with Gasteiger partial charge in [0.1, 0.15) is 5.00 Å². The van der Waals surface area contributed by atoms with Gasteiger partial charge < -0.3 is 16.2 Å². The molecule has 1 atom stereocenters. The number of carboxylic acid groups (broad SMARTS) is 1. The molecule has 1 aliphatic rings. The van der Waals surface area contributed by atoms with E-state index in [1.165, 1.54) is 11.3 Å². The summed E-state index contributed by atoms with van der Waals surface area (Å²) >= 11 is 1.24. The van der Waals surface area contributed by atoms with E-state index in [2.05, 4.69) is 5.32 Å². The number of anilines is 1. The summed E-state index contributed by atoms with van der Waals surface area (Å²) in [5.74, 6) is -1.51. The zero-order valence-corrected chi connectivity index (χ0v) is 12.2. The number of carbonyl (C=O) groups excluding carboxylic acids is 2. The van der Waals surface area contributed by atoms with Gasteiger partial charge >= 0.3 is 5.97 Å². The number of carboxylic acids is 1. The highest BCUT2D eigenvalue weighted by molar-refractivity contribution is 7.14. The molecule has 0 aromatic carbocycles. The summed E-state index contributed by atoms with van der Waals surface area (Å²) in [6, 6.07) is 1.57. The van der Waals surface area contributed by atoms with Crippen LogP contribution in [0.2, 0.25) is 0 Å². The molecule has 2 amide bonds. The number of rotatable bonds is 6. The third kappa shape index (κ3) is 4.27. The maximum atomic E-state index is 12.0. The van der Waals surface area contributed by atoms with Gasteiger partial charge in [-0.25, -0.2) is 0 Å². The quantitative estimate of drug-likeness (QED) is 0.711. The summed E-state index contributed by atoms with van der Waals surface area (Å²) in [4.78, 5) is 35.7. The van der Waals surface area contributed by atoms with Crippen molar-refractivity contribution >= 4 is 34.1 Å². The van der Waals surface area contributed by atoms with Gasteiger partial charge in [0.15, 0.2) is 0 Å². The fraction of sp³-hybridized carbons (Fsp3) is 0.462. The van der Waals surface area contributed by atoms with Gasteiger partial charge in [0.2, 0.25) is 5.91 Å². The molecule has 8 heteroatoms. The lowest BCUT2D eigenvalue weighted by atomic mass is 10.1. The van der Waals surface area contributed by atoms with Crippen molar-refractivity contribution in [1.29, 1.82) is 0 Å². The first-order valence-electron chi connectivity index (χ1n) is 6.57. The number of hydrogen-bond acceptors (Lipinski definition) is 5. The van der Waals surface area contributed by atoms with Gasteiger partial charge in [-0.2, -0.15) is 0 Å². The zero-order chi connectivity index (χ0) is 15.4. The van der Waals surface area contributed by atoms with Crippen LogP contribution in [-0.4, -0.2) is 47.4 Å². The van der Waals surface area contributed by atoms with Gasteiger partial charge in [-0.15, -0.1) is 11.3 Å². The number of nitrogens with zero attached hydrogens (tertiary/aromatic N) is 1. The average Bonchev–Trinajstić information content (AvgIpc) is 2.98. The van der Waals surface area contributed by atoms with Crippen LogP contribution in [0.4, 0.5) is 5.00 Å². The number of likely N-dealkylation sites (tertiary alicyclic amines) is 1. The Kier molecular flexibility index (Phi) is 4.92. The van der Waals surface area contributed by atoms with Crippen LogP contribution in [0.15, 0.2) is 11.4 Å². The molecular weight excluding hydrogens is 294 g/mol. The second-order valence-corrected chi connectivity index (χ2v) is 5.98. The predicted molar refractivity (Wildman–Crippen MR) is 78.3 cm³/mol. The molecule has 0 bridgehead atoms. The van der Waals surface area contributed by atoms with E-state index in [1.807, 2.05) is 4.90 Å². The molecule has 7 nitrogen and oxygen atoms in total. The minimum absolute atomic E-state index is 0.0956. The lowest BCUT2D eigenvalue weighted by Crippen LogP contribution is -2.32. The van der Waals surface area contributed by atoms with Crippen molar-refractivity contribution in [2.24, 2.45) is 11.7 Å². The van der Waals surface area contributed by atoms with E-state index in [0.717, 1.165) is 6.42 Å². The Morgan fingerprint density at radius 2 is 2.24 bits per heavy atom. The summed E-state index contributed by atoms with van der Waals surface area (Å²) < 4.78 is 0. The lowest BCUT2D eigenvalue weighted by Gasteiger charge is -2.15. The molecule has 0 spiro atoms. The Hall–Kier alpha value is -1.93. The number of nitrogens with one attached hydrogen (secondary N) is 1. The van der Waals surface area contributed by atoms with Crippen molar-refractivity contribution in [3.63, 3.8) is 0 Å². The Morgan fingerprint density at radius 3 is 2.90 bits per heavy atom. The molecule has 1 fully saturated rings. The van der Waals surface area contributed by atoms with E-state index in [4.69, 9.17) is 10.8 Å². The van der Waals surface area contributed by atoms with Gasteiger partial charge in [0.25, 0.3) is 5.91 Å². The van der Waals surface area contributed by atoms with Crippen molar-refractivity contribution in [1.82, 2.24) is 4.90 Å². The Bertz CT molecular complexity index is 557. The largest absolute Gasteiger partial charge is 0.481 e. The molecule has 0 saturated carbocycles. The van der Waals surface area contributed by atoms with Crippen LogP contribution in [0.25, 0.3) is 0 Å². The maximum absolute atomic E-state index is 12.0. The number of thiophene rings is 1. The fourth-order valence-corrected chi connectivity index (χ4v) is 3.25. The van der Waals surface area contributed by atoms with Crippen molar-refractivity contribution in [2.45, 2.75) is 12.8 Å². The van der Waals surface area contributed by atoms with Crippen molar-refractivity contribution in [3.05, 3.63) is 17.0 Å². The first-order chi connectivity index (χ1) is 9.95.